The van der Waals surface area contributed by atoms with Gasteiger partial charge in [-0.2, -0.15) is 0 Å². The molecule has 1 aliphatic rings. The molecule has 0 fully saturated rings. The van der Waals surface area contributed by atoms with Crippen molar-refractivity contribution in [3.63, 3.8) is 0 Å². The van der Waals surface area contributed by atoms with Crippen molar-refractivity contribution >= 4 is 49.2 Å². The second kappa shape index (κ2) is 5.49. The highest BCUT2D eigenvalue weighted by atomic mass is 16.3. The van der Waals surface area contributed by atoms with Crippen LogP contribution in [0.25, 0.3) is 49.2 Å². The fourth-order valence-electron chi connectivity index (χ4n) is 4.64. The summed E-state index contributed by atoms with van der Waals surface area (Å²) in [6, 6.07) is 20.2. The third-order valence-corrected chi connectivity index (χ3v) is 6.07. The molecule has 0 unspecified atom stereocenters. The molecule has 0 saturated carbocycles. The topological polar surface area (TPSA) is 40.5 Å². The molecular weight excluding hydrogens is 344 g/mol. The van der Waals surface area contributed by atoms with Gasteiger partial charge in [-0.15, -0.1) is 0 Å². The molecule has 5 aromatic rings. The molecule has 0 bridgehead atoms. The van der Waals surface area contributed by atoms with Crippen LogP contribution < -0.4 is 0 Å². The van der Waals surface area contributed by atoms with E-state index in [9.17, 15) is 10.2 Å². The minimum absolute atomic E-state index is 0.230. The van der Waals surface area contributed by atoms with E-state index in [0.717, 1.165) is 34.4 Å². The van der Waals surface area contributed by atoms with Crippen molar-refractivity contribution in [2.45, 2.75) is 12.8 Å². The van der Waals surface area contributed by atoms with Gasteiger partial charge in [0.15, 0.2) is 0 Å². The van der Waals surface area contributed by atoms with E-state index < -0.39 is 0 Å². The van der Waals surface area contributed by atoms with E-state index >= 15 is 0 Å². The third-order valence-electron chi connectivity index (χ3n) is 6.07. The largest absolute Gasteiger partial charge is 0.507 e. The van der Waals surface area contributed by atoms with Gasteiger partial charge in [0.25, 0.3) is 0 Å². The zero-order chi connectivity index (χ0) is 18.8. The first-order valence-corrected chi connectivity index (χ1v) is 9.63. The summed E-state index contributed by atoms with van der Waals surface area (Å²) in [6.45, 7) is 0. The van der Waals surface area contributed by atoms with E-state index in [1.54, 1.807) is 0 Å². The lowest BCUT2D eigenvalue weighted by Crippen LogP contribution is -1.95. The van der Waals surface area contributed by atoms with Crippen LogP contribution in [0, 0.1) is 0 Å². The molecule has 0 aromatic heterocycles. The number of hydrogen-bond acceptors (Lipinski definition) is 2. The van der Waals surface area contributed by atoms with Crippen LogP contribution in [0.3, 0.4) is 0 Å². The summed E-state index contributed by atoms with van der Waals surface area (Å²) in [5, 5.41) is 29.3. The average molecular weight is 362 g/mol. The Morgan fingerprint density at radius 3 is 1.89 bits per heavy atom. The van der Waals surface area contributed by atoms with Crippen LogP contribution in [0.1, 0.15) is 17.5 Å². The molecule has 2 N–H and O–H groups in total. The van der Waals surface area contributed by atoms with E-state index in [0.29, 0.717) is 21.5 Å². The Morgan fingerprint density at radius 2 is 1.21 bits per heavy atom. The Morgan fingerprint density at radius 1 is 0.607 bits per heavy atom. The Kier molecular flexibility index (Phi) is 3.05. The number of allylic oxidation sites excluding steroid dienone is 1. The monoisotopic (exact) mass is 362 g/mol. The number of aryl methyl sites for hydroxylation is 1. The number of benzene rings is 5. The molecule has 0 heterocycles. The predicted molar refractivity (Wildman–Crippen MR) is 117 cm³/mol. The van der Waals surface area contributed by atoms with Crippen molar-refractivity contribution < 1.29 is 10.2 Å². The molecule has 5 aromatic carbocycles. The number of aromatic hydroxyl groups is 2. The molecule has 1 aliphatic carbocycles. The molecule has 0 atom stereocenters. The molecule has 0 radical (unpaired) electrons. The quantitative estimate of drug-likeness (QED) is 0.238. The number of phenols is 2. The van der Waals surface area contributed by atoms with Gasteiger partial charge in [0.05, 0.1) is 0 Å². The fraction of sp³-hybridized carbons (Fsp3) is 0.0769. The maximum atomic E-state index is 11.1. The SMILES string of the molecule is Oc1c2cc3ccccc3cc2c(O)c2cc3c4c(ccc3cc12)C=CCC4. The van der Waals surface area contributed by atoms with Crippen LogP contribution >= 0.6 is 0 Å². The number of hydrogen-bond donors (Lipinski definition) is 2. The van der Waals surface area contributed by atoms with Gasteiger partial charge < -0.3 is 10.2 Å². The standard InChI is InChI=1S/C26H18O2/c27-25-21-11-16-6-1-2-7-17(16)12-22(21)26(28)24-14-20-18(13-23(24)25)10-9-15-5-3-4-8-19(15)20/h1-3,5-7,9-14,27-28H,4,8H2. The van der Waals surface area contributed by atoms with E-state index in [1.807, 2.05) is 48.5 Å². The maximum absolute atomic E-state index is 11.1. The smallest absolute Gasteiger partial charge is 0.131 e. The summed E-state index contributed by atoms with van der Waals surface area (Å²) in [4.78, 5) is 0. The minimum atomic E-state index is 0.230. The molecule has 0 aliphatic heterocycles. The minimum Gasteiger partial charge on any atom is -0.507 e. The summed E-state index contributed by atoms with van der Waals surface area (Å²) in [5.41, 5.74) is 2.56. The Bertz CT molecular complexity index is 1480. The number of rotatable bonds is 0. The Balaban J connectivity index is 1.80. The molecule has 6 rings (SSSR count). The second-order valence-electron chi connectivity index (χ2n) is 7.64. The summed E-state index contributed by atoms with van der Waals surface area (Å²) in [6.07, 6.45) is 6.41. The molecule has 0 spiro atoms. The summed E-state index contributed by atoms with van der Waals surface area (Å²) >= 11 is 0. The van der Waals surface area contributed by atoms with Gasteiger partial charge in [0.2, 0.25) is 0 Å². The fourth-order valence-corrected chi connectivity index (χ4v) is 4.64. The van der Waals surface area contributed by atoms with Crippen molar-refractivity contribution in [1.82, 2.24) is 0 Å². The van der Waals surface area contributed by atoms with Crippen molar-refractivity contribution in [2.24, 2.45) is 0 Å². The van der Waals surface area contributed by atoms with Crippen molar-refractivity contribution in [3.05, 3.63) is 77.9 Å². The van der Waals surface area contributed by atoms with Crippen LogP contribution in [-0.4, -0.2) is 10.2 Å². The summed E-state index contributed by atoms with van der Waals surface area (Å²) < 4.78 is 0. The predicted octanol–water partition coefficient (Wildman–Crippen LogP) is 6.67. The van der Waals surface area contributed by atoms with Crippen LogP contribution in [-0.2, 0) is 6.42 Å². The number of phenolic OH excluding ortho intramolecular Hbond substituents is 2. The highest BCUT2D eigenvalue weighted by Gasteiger charge is 2.17. The van der Waals surface area contributed by atoms with Gasteiger partial charge in [0, 0.05) is 21.5 Å². The molecule has 134 valence electrons. The zero-order valence-electron chi connectivity index (χ0n) is 15.2. The van der Waals surface area contributed by atoms with Crippen LogP contribution in [0.4, 0.5) is 0 Å². The first-order valence-electron chi connectivity index (χ1n) is 9.63. The lowest BCUT2D eigenvalue weighted by Gasteiger charge is -2.16. The second-order valence-corrected chi connectivity index (χ2v) is 7.64. The summed E-state index contributed by atoms with van der Waals surface area (Å²) in [7, 11) is 0. The van der Waals surface area contributed by atoms with Gasteiger partial charge >= 0.3 is 0 Å². The van der Waals surface area contributed by atoms with Crippen molar-refractivity contribution in [3.8, 4) is 11.5 Å². The Labute approximate surface area is 162 Å². The van der Waals surface area contributed by atoms with Gasteiger partial charge in [-0.05, 0) is 69.8 Å². The van der Waals surface area contributed by atoms with Gasteiger partial charge in [0.1, 0.15) is 11.5 Å². The van der Waals surface area contributed by atoms with E-state index in [1.165, 1.54) is 11.1 Å². The molecule has 0 amide bonds. The number of fused-ring (bicyclic) bond motifs is 6. The first kappa shape index (κ1) is 15.5. The van der Waals surface area contributed by atoms with Gasteiger partial charge in [-0.3, -0.25) is 0 Å². The highest BCUT2D eigenvalue weighted by molar-refractivity contribution is 6.17. The van der Waals surface area contributed by atoms with E-state index in [4.69, 9.17) is 0 Å². The Hall–Kier alpha value is -3.52. The third kappa shape index (κ3) is 2.03. The van der Waals surface area contributed by atoms with E-state index in [2.05, 4.69) is 24.3 Å². The normalized spacial score (nSPS) is 13.6. The summed E-state index contributed by atoms with van der Waals surface area (Å²) in [5.74, 6) is 0.465. The lowest BCUT2D eigenvalue weighted by atomic mass is 9.89. The van der Waals surface area contributed by atoms with Crippen LogP contribution in [0.5, 0.6) is 11.5 Å². The lowest BCUT2D eigenvalue weighted by molar-refractivity contribution is 0.478. The average Bonchev–Trinajstić information content (AvgIpc) is 2.75. The van der Waals surface area contributed by atoms with Crippen LogP contribution in [0.2, 0.25) is 0 Å². The molecule has 2 nitrogen and oxygen atoms in total. The van der Waals surface area contributed by atoms with Crippen LogP contribution in [0.15, 0.2) is 66.7 Å². The highest BCUT2D eigenvalue weighted by Crippen LogP contribution is 2.45. The first-order chi connectivity index (χ1) is 13.7. The van der Waals surface area contributed by atoms with Gasteiger partial charge in [-0.25, -0.2) is 0 Å². The molecular formula is C26H18O2. The van der Waals surface area contributed by atoms with Gasteiger partial charge in [-0.1, -0.05) is 48.6 Å². The van der Waals surface area contributed by atoms with E-state index in [-0.39, 0.29) is 11.5 Å². The van der Waals surface area contributed by atoms with Crippen molar-refractivity contribution in [2.75, 3.05) is 0 Å². The maximum Gasteiger partial charge on any atom is 0.131 e. The zero-order valence-corrected chi connectivity index (χ0v) is 15.2. The molecule has 28 heavy (non-hydrogen) atoms. The molecule has 0 saturated heterocycles. The molecule has 2 heteroatoms. The van der Waals surface area contributed by atoms with Crippen molar-refractivity contribution in [1.29, 1.82) is 0 Å².